The number of ether oxygens (including phenoxy) is 2. The van der Waals surface area contributed by atoms with Crippen LogP contribution in [0, 0.1) is 0 Å². The first-order valence-electron chi connectivity index (χ1n) is 5.72. The van der Waals surface area contributed by atoms with Crippen LogP contribution in [0.25, 0.3) is 0 Å². The summed E-state index contributed by atoms with van der Waals surface area (Å²) < 4.78 is 12.2. The van der Waals surface area contributed by atoms with Crippen LogP contribution in [0.15, 0.2) is 16.6 Å². The highest BCUT2D eigenvalue weighted by molar-refractivity contribution is 9.10. The number of hydroxylamine groups is 1. The summed E-state index contributed by atoms with van der Waals surface area (Å²) in [6.07, 6.45) is 0.183. The van der Waals surface area contributed by atoms with Gasteiger partial charge < -0.3 is 14.7 Å². The van der Waals surface area contributed by atoms with Gasteiger partial charge in [-0.05, 0) is 19.2 Å². The third-order valence-corrected chi connectivity index (χ3v) is 3.36. The van der Waals surface area contributed by atoms with Gasteiger partial charge in [-0.3, -0.25) is 4.90 Å². The number of nitrogens with one attached hydrogen (secondary N) is 1. The Bertz CT molecular complexity index is 422. The number of likely N-dealkylation sites (tertiary alicyclic amines) is 1. The maximum Gasteiger partial charge on any atom is 0.166 e. The fourth-order valence-electron chi connectivity index (χ4n) is 2.01. The topological polar surface area (TPSA) is 54.0 Å². The summed E-state index contributed by atoms with van der Waals surface area (Å²) in [7, 11) is 3.66. The summed E-state index contributed by atoms with van der Waals surface area (Å²) in [5, 5.41) is 8.88. The third-order valence-electron chi connectivity index (χ3n) is 2.90. The van der Waals surface area contributed by atoms with Crippen LogP contribution >= 0.6 is 15.9 Å². The smallest absolute Gasteiger partial charge is 0.166 e. The summed E-state index contributed by atoms with van der Waals surface area (Å²) in [6.45, 7) is 2.13. The monoisotopic (exact) mass is 316 g/mol. The summed E-state index contributed by atoms with van der Waals surface area (Å²) >= 11 is 3.41. The predicted molar refractivity (Wildman–Crippen MR) is 71.2 cm³/mol. The Morgan fingerprint density at radius 2 is 2.22 bits per heavy atom. The number of methoxy groups -OCH3 is 1. The molecule has 1 aromatic rings. The van der Waals surface area contributed by atoms with E-state index < -0.39 is 0 Å². The van der Waals surface area contributed by atoms with E-state index in [2.05, 4.69) is 33.4 Å². The fourth-order valence-corrected chi connectivity index (χ4v) is 2.49. The molecule has 0 amide bonds. The number of halogens is 1. The SMILES string of the molecule is COc1cc(Br)cc(CNO)c1OC1CN(C)C1. The molecule has 0 spiro atoms. The molecule has 1 aliphatic heterocycles. The lowest BCUT2D eigenvalue weighted by Crippen LogP contribution is -2.51. The molecular formula is C12H17BrN2O3. The lowest BCUT2D eigenvalue weighted by Gasteiger charge is -2.36. The van der Waals surface area contributed by atoms with E-state index >= 15 is 0 Å². The molecule has 1 aliphatic rings. The van der Waals surface area contributed by atoms with E-state index in [1.165, 1.54) is 0 Å². The largest absolute Gasteiger partial charge is 0.493 e. The first-order chi connectivity index (χ1) is 8.63. The quantitative estimate of drug-likeness (QED) is 0.809. The molecule has 0 radical (unpaired) electrons. The van der Waals surface area contributed by atoms with Gasteiger partial charge in [0, 0.05) is 29.7 Å². The van der Waals surface area contributed by atoms with Crippen molar-refractivity contribution in [3.63, 3.8) is 0 Å². The highest BCUT2D eigenvalue weighted by atomic mass is 79.9. The van der Waals surface area contributed by atoms with Crippen molar-refractivity contribution in [3.8, 4) is 11.5 Å². The van der Waals surface area contributed by atoms with Crippen molar-refractivity contribution in [2.24, 2.45) is 0 Å². The van der Waals surface area contributed by atoms with Crippen molar-refractivity contribution in [1.29, 1.82) is 0 Å². The zero-order chi connectivity index (χ0) is 13.1. The second-order valence-electron chi connectivity index (χ2n) is 4.39. The third kappa shape index (κ3) is 2.95. The fraction of sp³-hybridized carbons (Fsp3) is 0.500. The maximum absolute atomic E-state index is 8.88. The van der Waals surface area contributed by atoms with Gasteiger partial charge in [0.05, 0.1) is 7.11 Å². The van der Waals surface area contributed by atoms with Crippen LogP contribution in [-0.4, -0.2) is 43.5 Å². The van der Waals surface area contributed by atoms with Crippen LogP contribution in [0.4, 0.5) is 0 Å². The predicted octanol–water partition coefficient (Wildman–Crippen LogP) is 1.63. The first-order valence-corrected chi connectivity index (χ1v) is 6.52. The highest BCUT2D eigenvalue weighted by Crippen LogP contribution is 2.36. The molecule has 1 saturated heterocycles. The molecule has 2 N–H and O–H groups in total. The number of benzene rings is 1. The van der Waals surface area contributed by atoms with Crippen LogP contribution in [0.2, 0.25) is 0 Å². The molecule has 5 nitrogen and oxygen atoms in total. The molecule has 0 atom stereocenters. The zero-order valence-corrected chi connectivity index (χ0v) is 12.0. The van der Waals surface area contributed by atoms with E-state index in [9.17, 15) is 0 Å². The summed E-state index contributed by atoms with van der Waals surface area (Å²) in [4.78, 5) is 2.18. The number of nitrogens with zero attached hydrogens (tertiary/aromatic N) is 1. The van der Waals surface area contributed by atoms with Gasteiger partial charge in [-0.2, -0.15) is 0 Å². The van der Waals surface area contributed by atoms with Gasteiger partial charge in [0.25, 0.3) is 0 Å². The molecule has 0 bridgehead atoms. The van der Waals surface area contributed by atoms with Crippen molar-refractivity contribution >= 4 is 15.9 Å². The minimum Gasteiger partial charge on any atom is -0.493 e. The van der Waals surface area contributed by atoms with Crippen molar-refractivity contribution in [3.05, 3.63) is 22.2 Å². The average Bonchev–Trinajstić information content (AvgIpc) is 2.30. The first kappa shape index (κ1) is 13.6. The molecule has 0 saturated carbocycles. The van der Waals surface area contributed by atoms with Gasteiger partial charge >= 0.3 is 0 Å². The normalized spacial score (nSPS) is 16.4. The van der Waals surface area contributed by atoms with Crippen LogP contribution in [-0.2, 0) is 6.54 Å². The number of rotatable bonds is 5. The average molecular weight is 317 g/mol. The minimum absolute atomic E-state index is 0.183. The van der Waals surface area contributed by atoms with E-state index in [4.69, 9.17) is 14.7 Å². The molecule has 2 rings (SSSR count). The Hall–Kier alpha value is -0.820. The van der Waals surface area contributed by atoms with Gasteiger partial charge in [-0.25, -0.2) is 5.48 Å². The molecule has 1 heterocycles. The molecule has 1 fully saturated rings. The second-order valence-corrected chi connectivity index (χ2v) is 5.31. The molecule has 0 aromatic heterocycles. The Labute approximate surface area is 115 Å². The lowest BCUT2D eigenvalue weighted by atomic mass is 10.1. The minimum atomic E-state index is 0.183. The maximum atomic E-state index is 8.88. The summed E-state index contributed by atoms with van der Waals surface area (Å²) in [5.41, 5.74) is 3.01. The van der Waals surface area contributed by atoms with Crippen molar-refractivity contribution in [2.45, 2.75) is 12.6 Å². The molecule has 0 unspecified atom stereocenters. The number of hydrogen-bond donors (Lipinski definition) is 2. The summed E-state index contributed by atoms with van der Waals surface area (Å²) in [6, 6.07) is 3.77. The number of hydrogen-bond acceptors (Lipinski definition) is 5. The summed E-state index contributed by atoms with van der Waals surface area (Å²) in [5.74, 6) is 1.37. The highest BCUT2D eigenvalue weighted by Gasteiger charge is 2.27. The van der Waals surface area contributed by atoms with Crippen molar-refractivity contribution < 1.29 is 14.7 Å². The molecule has 6 heteroatoms. The number of likely N-dealkylation sites (N-methyl/N-ethyl adjacent to an activating group) is 1. The molecule has 1 aromatic carbocycles. The van der Waals surface area contributed by atoms with E-state index in [0.717, 1.165) is 23.1 Å². The van der Waals surface area contributed by atoms with E-state index in [-0.39, 0.29) is 6.10 Å². The van der Waals surface area contributed by atoms with Crippen molar-refractivity contribution in [2.75, 3.05) is 27.2 Å². The molecule has 0 aliphatic carbocycles. The van der Waals surface area contributed by atoms with Gasteiger partial charge in [0.1, 0.15) is 6.10 Å². The van der Waals surface area contributed by atoms with Crippen LogP contribution < -0.4 is 15.0 Å². The Kier molecular flexibility index (Phi) is 4.45. The molecular weight excluding hydrogens is 300 g/mol. The van der Waals surface area contributed by atoms with Gasteiger partial charge in [0.2, 0.25) is 0 Å². The second kappa shape index (κ2) is 5.88. The van der Waals surface area contributed by atoms with E-state index in [1.54, 1.807) is 7.11 Å². The van der Waals surface area contributed by atoms with Gasteiger partial charge in [-0.1, -0.05) is 15.9 Å². The Morgan fingerprint density at radius 1 is 1.50 bits per heavy atom. The van der Waals surface area contributed by atoms with Crippen LogP contribution in [0.5, 0.6) is 11.5 Å². The lowest BCUT2D eigenvalue weighted by molar-refractivity contribution is 0.0355. The van der Waals surface area contributed by atoms with E-state index in [1.807, 2.05) is 12.1 Å². The molecule has 100 valence electrons. The van der Waals surface area contributed by atoms with E-state index in [0.29, 0.717) is 18.0 Å². The van der Waals surface area contributed by atoms with Crippen molar-refractivity contribution in [1.82, 2.24) is 10.4 Å². The van der Waals surface area contributed by atoms with Crippen LogP contribution in [0.3, 0.4) is 0 Å². The molecule has 18 heavy (non-hydrogen) atoms. The van der Waals surface area contributed by atoms with Gasteiger partial charge in [-0.15, -0.1) is 0 Å². The van der Waals surface area contributed by atoms with Gasteiger partial charge in [0.15, 0.2) is 11.5 Å². The Morgan fingerprint density at radius 3 is 2.78 bits per heavy atom. The van der Waals surface area contributed by atoms with Crippen LogP contribution in [0.1, 0.15) is 5.56 Å². The zero-order valence-electron chi connectivity index (χ0n) is 10.4. The Balaban J connectivity index is 2.23. The standard InChI is InChI=1S/C12H17BrN2O3/c1-15-6-10(7-15)18-12-8(5-14-16)3-9(13)4-11(12)17-2/h3-4,10,14,16H,5-7H2,1-2H3.